The first-order valence-electron chi connectivity index (χ1n) is 6.06. The van der Waals surface area contributed by atoms with Gasteiger partial charge in [0.1, 0.15) is 5.82 Å². The van der Waals surface area contributed by atoms with E-state index in [-0.39, 0.29) is 0 Å². The predicted molar refractivity (Wildman–Crippen MR) is 72.1 cm³/mol. The van der Waals surface area contributed by atoms with Gasteiger partial charge in [-0.05, 0) is 31.2 Å². The average Bonchev–Trinajstić information content (AvgIpc) is 2.54. The van der Waals surface area contributed by atoms with Gasteiger partial charge in [-0.1, -0.05) is 28.9 Å². The molecule has 0 N–H and O–H groups in total. The van der Waals surface area contributed by atoms with E-state index in [0.29, 0.717) is 0 Å². The van der Waals surface area contributed by atoms with E-state index in [9.17, 15) is 0 Å². The number of hydrogen-bond acceptors (Lipinski definition) is 2. The van der Waals surface area contributed by atoms with E-state index in [2.05, 4.69) is 38.8 Å². The van der Waals surface area contributed by atoms with Crippen LogP contribution in [-0.2, 0) is 5.33 Å². The van der Waals surface area contributed by atoms with Gasteiger partial charge in [-0.3, -0.25) is 0 Å². The zero-order valence-electron chi connectivity index (χ0n) is 9.82. The Labute approximate surface area is 106 Å². The molecule has 3 heteroatoms. The molecule has 1 unspecified atom stereocenters. The molecular weight excluding hydrogens is 264 g/mol. The molecule has 0 saturated carbocycles. The lowest BCUT2D eigenvalue weighted by Crippen LogP contribution is -2.26. The van der Waals surface area contributed by atoms with Gasteiger partial charge in [0.25, 0.3) is 0 Å². The van der Waals surface area contributed by atoms with Crippen molar-refractivity contribution in [3.8, 4) is 0 Å². The van der Waals surface area contributed by atoms with Gasteiger partial charge in [-0.15, -0.1) is 0 Å². The number of aromatic nitrogens is 1. The van der Waals surface area contributed by atoms with E-state index in [4.69, 9.17) is 0 Å². The summed E-state index contributed by atoms with van der Waals surface area (Å²) in [5.41, 5.74) is 1.30. The van der Waals surface area contributed by atoms with Crippen LogP contribution < -0.4 is 4.90 Å². The van der Waals surface area contributed by atoms with Crippen molar-refractivity contribution in [1.82, 2.24) is 4.98 Å². The summed E-state index contributed by atoms with van der Waals surface area (Å²) in [6, 6.07) is 4.17. The third-order valence-electron chi connectivity index (χ3n) is 3.33. The van der Waals surface area contributed by atoms with Gasteiger partial charge < -0.3 is 4.90 Å². The van der Waals surface area contributed by atoms with Gasteiger partial charge in [0.2, 0.25) is 0 Å². The van der Waals surface area contributed by atoms with Gasteiger partial charge in [-0.2, -0.15) is 0 Å². The fourth-order valence-electron chi connectivity index (χ4n) is 2.29. The topological polar surface area (TPSA) is 16.1 Å². The van der Waals surface area contributed by atoms with Crippen LogP contribution in [0, 0.1) is 5.92 Å². The third kappa shape index (κ3) is 2.76. The molecule has 1 saturated heterocycles. The zero-order chi connectivity index (χ0) is 11.4. The molecule has 0 aliphatic carbocycles. The molecule has 16 heavy (non-hydrogen) atoms. The van der Waals surface area contributed by atoms with Crippen LogP contribution in [0.25, 0.3) is 0 Å². The molecule has 2 heterocycles. The number of nitrogens with zero attached hydrogens (tertiary/aromatic N) is 2. The van der Waals surface area contributed by atoms with Crippen molar-refractivity contribution in [2.75, 3.05) is 18.0 Å². The SMILES string of the molecule is CC1CCCN(c2ncccc2CBr)CC1. The first-order chi connectivity index (χ1) is 7.81. The molecule has 2 rings (SSSR count). The number of halogens is 1. The predicted octanol–water partition coefficient (Wildman–Crippen LogP) is 3.60. The molecular formula is C13H19BrN2. The molecule has 1 aliphatic rings. The van der Waals surface area contributed by atoms with Gasteiger partial charge in [0.15, 0.2) is 0 Å². The number of anilines is 1. The summed E-state index contributed by atoms with van der Waals surface area (Å²) in [5, 5.41) is 0.891. The van der Waals surface area contributed by atoms with Crippen molar-refractivity contribution in [2.24, 2.45) is 5.92 Å². The highest BCUT2D eigenvalue weighted by atomic mass is 79.9. The largest absolute Gasteiger partial charge is 0.356 e. The number of pyridine rings is 1. The molecule has 0 amide bonds. The monoisotopic (exact) mass is 282 g/mol. The van der Waals surface area contributed by atoms with E-state index in [1.165, 1.54) is 30.6 Å². The summed E-state index contributed by atoms with van der Waals surface area (Å²) in [6.07, 6.45) is 5.83. The Balaban J connectivity index is 2.16. The lowest BCUT2D eigenvalue weighted by atomic mass is 10.0. The van der Waals surface area contributed by atoms with E-state index < -0.39 is 0 Å². The molecule has 2 nitrogen and oxygen atoms in total. The fraction of sp³-hybridized carbons (Fsp3) is 0.615. The molecule has 1 aromatic rings. The van der Waals surface area contributed by atoms with Crippen molar-refractivity contribution in [3.63, 3.8) is 0 Å². The van der Waals surface area contributed by atoms with E-state index in [1.807, 2.05) is 12.3 Å². The van der Waals surface area contributed by atoms with E-state index in [1.54, 1.807) is 0 Å². The lowest BCUT2D eigenvalue weighted by Gasteiger charge is -2.23. The third-order valence-corrected chi connectivity index (χ3v) is 3.93. The Hall–Kier alpha value is -0.570. The second-order valence-corrected chi connectivity index (χ2v) is 5.20. The maximum atomic E-state index is 4.54. The second-order valence-electron chi connectivity index (χ2n) is 4.64. The molecule has 1 aliphatic heterocycles. The van der Waals surface area contributed by atoms with Crippen LogP contribution in [0.4, 0.5) is 5.82 Å². The minimum Gasteiger partial charge on any atom is -0.356 e. The Morgan fingerprint density at radius 3 is 3.12 bits per heavy atom. The number of rotatable bonds is 2. The van der Waals surface area contributed by atoms with Crippen LogP contribution in [0.3, 0.4) is 0 Å². The summed E-state index contributed by atoms with van der Waals surface area (Å²) in [7, 11) is 0. The standard InChI is InChI=1S/C13H19BrN2/c1-11-4-3-8-16(9-6-11)13-12(10-14)5-2-7-15-13/h2,5,7,11H,3-4,6,8-10H2,1H3. The molecule has 1 fully saturated rings. The van der Waals surface area contributed by atoms with Gasteiger partial charge in [0.05, 0.1) is 0 Å². The number of alkyl halides is 1. The van der Waals surface area contributed by atoms with E-state index in [0.717, 1.165) is 24.3 Å². The van der Waals surface area contributed by atoms with Crippen LogP contribution in [-0.4, -0.2) is 18.1 Å². The maximum Gasteiger partial charge on any atom is 0.132 e. The molecule has 0 spiro atoms. The van der Waals surface area contributed by atoms with Crippen molar-refractivity contribution < 1.29 is 0 Å². The first-order valence-corrected chi connectivity index (χ1v) is 7.18. The second kappa shape index (κ2) is 5.67. The molecule has 88 valence electrons. The molecule has 0 aromatic carbocycles. The smallest absolute Gasteiger partial charge is 0.132 e. The highest BCUT2D eigenvalue weighted by Crippen LogP contribution is 2.24. The summed E-state index contributed by atoms with van der Waals surface area (Å²) < 4.78 is 0. The first kappa shape index (κ1) is 11.9. The Kier molecular flexibility index (Phi) is 4.22. The van der Waals surface area contributed by atoms with Crippen molar-refractivity contribution in [1.29, 1.82) is 0 Å². The number of hydrogen-bond donors (Lipinski definition) is 0. The van der Waals surface area contributed by atoms with Crippen molar-refractivity contribution >= 4 is 21.7 Å². The van der Waals surface area contributed by atoms with Crippen molar-refractivity contribution in [2.45, 2.75) is 31.5 Å². The zero-order valence-corrected chi connectivity index (χ0v) is 11.4. The van der Waals surface area contributed by atoms with E-state index >= 15 is 0 Å². The minimum atomic E-state index is 0.862. The highest BCUT2D eigenvalue weighted by Gasteiger charge is 2.16. The van der Waals surface area contributed by atoms with Crippen LogP contribution in [0.15, 0.2) is 18.3 Å². The Morgan fingerprint density at radius 1 is 1.44 bits per heavy atom. The molecule has 1 atom stereocenters. The van der Waals surface area contributed by atoms with Crippen LogP contribution in [0.5, 0.6) is 0 Å². The van der Waals surface area contributed by atoms with Crippen LogP contribution >= 0.6 is 15.9 Å². The Bertz CT molecular complexity index is 340. The highest BCUT2D eigenvalue weighted by molar-refractivity contribution is 9.08. The van der Waals surface area contributed by atoms with Crippen LogP contribution in [0.1, 0.15) is 31.7 Å². The normalized spacial score (nSPS) is 21.9. The minimum absolute atomic E-state index is 0.862. The molecule has 0 radical (unpaired) electrons. The fourth-order valence-corrected chi connectivity index (χ4v) is 2.73. The van der Waals surface area contributed by atoms with Gasteiger partial charge >= 0.3 is 0 Å². The molecule has 1 aromatic heterocycles. The van der Waals surface area contributed by atoms with Gasteiger partial charge in [0, 0.05) is 30.2 Å². The molecule has 0 bridgehead atoms. The summed E-state index contributed by atoms with van der Waals surface area (Å²) in [5.74, 6) is 2.04. The average molecular weight is 283 g/mol. The quantitative estimate of drug-likeness (QED) is 0.771. The summed E-state index contributed by atoms with van der Waals surface area (Å²) in [6.45, 7) is 4.66. The lowest BCUT2D eigenvalue weighted by molar-refractivity contribution is 0.521. The van der Waals surface area contributed by atoms with Gasteiger partial charge in [-0.25, -0.2) is 4.98 Å². The Morgan fingerprint density at radius 2 is 2.31 bits per heavy atom. The summed E-state index contributed by atoms with van der Waals surface area (Å²) in [4.78, 5) is 6.98. The van der Waals surface area contributed by atoms with Crippen LogP contribution in [0.2, 0.25) is 0 Å². The summed E-state index contributed by atoms with van der Waals surface area (Å²) >= 11 is 3.54. The maximum absolute atomic E-state index is 4.54. The van der Waals surface area contributed by atoms with Crippen molar-refractivity contribution in [3.05, 3.63) is 23.9 Å².